The molecule has 3 N–H and O–H groups in total. The second-order valence-electron chi connectivity index (χ2n) is 4.51. The number of imidazole rings is 1. The molecule has 0 spiro atoms. The summed E-state index contributed by atoms with van der Waals surface area (Å²) < 4.78 is 12.0. The lowest BCUT2D eigenvalue weighted by atomic mass is 10.2. The quantitative estimate of drug-likeness (QED) is 0.644. The molecular weight excluding hydrogens is 268 g/mol. The highest BCUT2D eigenvalue weighted by Crippen LogP contribution is 2.30. The van der Waals surface area contributed by atoms with Gasteiger partial charge in [-0.05, 0) is 0 Å². The molecule has 1 saturated heterocycles. The van der Waals surface area contributed by atoms with Crippen molar-refractivity contribution in [2.24, 2.45) is 0 Å². The number of aromatic amines is 1. The molecule has 1 aliphatic rings. The molecule has 108 valence electrons. The first-order valence-corrected chi connectivity index (χ1v) is 6.09. The fraction of sp³-hybridized carbons (Fsp3) is 0.545. The highest BCUT2D eigenvalue weighted by molar-refractivity contribution is 5.69. The van der Waals surface area contributed by atoms with Gasteiger partial charge in [0.2, 0.25) is 0 Å². The number of fused-ring (bicyclic) bond motifs is 1. The van der Waals surface area contributed by atoms with Crippen LogP contribution in [0.5, 0.6) is 6.01 Å². The number of H-pyrrole nitrogens is 1. The number of nitrogens with one attached hydrogen (secondary N) is 1. The molecule has 0 saturated carbocycles. The van der Waals surface area contributed by atoms with Gasteiger partial charge in [0.05, 0.1) is 26.1 Å². The zero-order chi connectivity index (χ0) is 14.3. The molecule has 1 fully saturated rings. The van der Waals surface area contributed by atoms with Crippen LogP contribution in [0.4, 0.5) is 0 Å². The van der Waals surface area contributed by atoms with Crippen molar-refractivity contribution < 1.29 is 19.7 Å². The molecule has 0 aliphatic carbocycles. The van der Waals surface area contributed by atoms with E-state index in [1.807, 2.05) is 0 Å². The summed E-state index contributed by atoms with van der Waals surface area (Å²) in [5.41, 5.74) is 0.0561. The maximum Gasteiger partial charge on any atom is 0.298 e. The average Bonchev–Trinajstić information content (AvgIpc) is 3.01. The smallest absolute Gasteiger partial charge is 0.298 e. The lowest BCUT2D eigenvalue weighted by Gasteiger charge is -2.13. The molecule has 2 aromatic heterocycles. The predicted octanol–water partition coefficient (Wildman–Crippen LogP) is -1.23. The van der Waals surface area contributed by atoms with E-state index in [1.54, 1.807) is 4.57 Å². The van der Waals surface area contributed by atoms with Gasteiger partial charge >= 0.3 is 0 Å². The molecule has 0 amide bonds. The Hall–Kier alpha value is -1.97. The van der Waals surface area contributed by atoms with Crippen molar-refractivity contribution in [3.05, 3.63) is 16.7 Å². The number of hydrogen-bond acceptors (Lipinski definition) is 7. The zero-order valence-electron chi connectivity index (χ0n) is 10.7. The van der Waals surface area contributed by atoms with Gasteiger partial charge in [0, 0.05) is 6.42 Å². The van der Waals surface area contributed by atoms with E-state index in [2.05, 4.69) is 15.0 Å². The van der Waals surface area contributed by atoms with Crippen LogP contribution >= 0.6 is 0 Å². The maximum absolute atomic E-state index is 11.8. The summed E-state index contributed by atoms with van der Waals surface area (Å²) in [6, 6.07) is 0.0708. The number of aromatic nitrogens is 4. The highest BCUT2D eigenvalue weighted by Gasteiger charge is 2.35. The van der Waals surface area contributed by atoms with E-state index in [1.165, 1.54) is 13.4 Å². The minimum Gasteiger partial charge on any atom is -0.468 e. The van der Waals surface area contributed by atoms with Gasteiger partial charge in [-0.15, -0.1) is 0 Å². The van der Waals surface area contributed by atoms with Crippen LogP contribution in [-0.2, 0) is 4.74 Å². The first kappa shape index (κ1) is 13.0. The van der Waals surface area contributed by atoms with Crippen molar-refractivity contribution in [1.82, 2.24) is 19.5 Å². The molecule has 0 bridgehead atoms. The minimum absolute atomic E-state index is 0.0708. The van der Waals surface area contributed by atoms with Gasteiger partial charge in [0.25, 0.3) is 11.6 Å². The van der Waals surface area contributed by atoms with E-state index in [9.17, 15) is 9.90 Å². The monoisotopic (exact) mass is 282 g/mol. The number of ether oxygens (including phenoxy) is 2. The SMILES string of the molecule is COc1nc2c(ncn2[C@@H]2C[C@@H](O)[C@H](CO)O2)c(=O)[nH]1. The molecule has 3 rings (SSSR count). The first-order chi connectivity index (χ1) is 9.63. The lowest BCUT2D eigenvalue weighted by Crippen LogP contribution is -2.24. The third-order valence-electron chi connectivity index (χ3n) is 3.30. The van der Waals surface area contributed by atoms with Crippen LogP contribution in [0.3, 0.4) is 0 Å². The lowest BCUT2D eigenvalue weighted by molar-refractivity contribution is -0.0432. The Morgan fingerprint density at radius 3 is 3.10 bits per heavy atom. The minimum atomic E-state index is -0.772. The van der Waals surface area contributed by atoms with Crippen molar-refractivity contribution in [2.45, 2.75) is 24.9 Å². The summed E-state index contributed by atoms with van der Waals surface area (Å²) in [4.78, 5) is 22.4. The van der Waals surface area contributed by atoms with Gasteiger partial charge in [-0.2, -0.15) is 4.98 Å². The van der Waals surface area contributed by atoms with Crippen LogP contribution in [-0.4, -0.2) is 55.7 Å². The van der Waals surface area contributed by atoms with Crippen molar-refractivity contribution in [1.29, 1.82) is 0 Å². The summed E-state index contributed by atoms with van der Waals surface area (Å²) >= 11 is 0. The molecule has 9 nitrogen and oxygen atoms in total. The number of aliphatic hydroxyl groups is 2. The van der Waals surface area contributed by atoms with E-state index in [0.29, 0.717) is 5.65 Å². The van der Waals surface area contributed by atoms with Crippen LogP contribution in [0.2, 0.25) is 0 Å². The van der Waals surface area contributed by atoms with E-state index in [4.69, 9.17) is 14.6 Å². The fourth-order valence-corrected chi connectivity index (χ4v) is 2.26. The Morgan fingerprint density at radius 1 is 1.65 bits per heavy atom. The second kappa shape index (κ2) is 4.85. The molecule has 9 heteroatoms. The molecule has 20 heavy (non-hydrogen) atoms. The van der Waals surface area contributed by atoms with Crippen LogP contribution in [0, 0.1) is 0 Å². The fourth-order valence-electron chi connectivity index (χ4n) is 2.26. The second-order valence-corrected chi connectivity index (χ2v) is 4.51. The van der Waals surface area contributed by atoms with E-state index in [-0.39, 0.29) is 24.6 Å². The Morgan fingerprint density at radius 2 is 2.45 bits per heavy atom. The van der Waals surface area contributed by atoms with Crippen molar-refractivity contribution in [2.75, 3.05) is 13.7 Å². The number of aliphatic hydroxyl groups excluding tert-OH is 2. The third-order valence-corrected chi connectivity index (χ3v) is 3.30. The van der Waals surface area contributed by atoms with E-state index in [0.717, 1.165) is 0 Å². The standard InChI is InChI=1S/C11H14N4O5/c1-19-11-13-9-8(10(18)14-11)12-4-15(9)7-2-5(17)6(3-16)20-7/h4-7,16-17H,2-3H2,1H3,(H,13,14,18)/t5-,6+,7+/m1/s1. The van der Waals surface area contributed by atoms with Crippen LogP contribution in [0.1, 0.15) is 12.6 Å². The maximum atomic E-state index is 11.8. The van der Waals surface area contributed by atoms with Gasteiger partial charge in [-0.25, -0.2) is 4.98 Å². The van der Waals surface area contributed by atoms with Crippen molar-refractivity contribution >= 4 is 11.2 Å². The molecule has 1 aliphatic heterocycles. The Labute approximate surface area is 112 Å². The van der Waals surface area contributed by atoms with Gasteiger partial charge < -0.3 is 19.7 Å². The molecule has 2 aromatic rings. The Bertz CT molecular complexity index is 681. The average molecular weight is 282 g/mol. The summed E-state index contributed by atoms with van der Waals surface area (Å²) in [5.74, 6) is 0. The van der Waals surface area contributed by atoms with E-state index < -0.39 is 24.0 Å². The largest absolute Gasteiger partial charge is 0.468 e. The number of rotatable bonds is 3. The summed E-state index contributed by atoms with van der Waals surface area (Å²) in [7, 11) is 1.39. The van der Waals surface area contributed by atoms with Crippen LogP contribution in [0.25, 0.3) is 11.2 Å². The van der Waals surface area contributed by atoms with Crippen molar-refractivity contribution in [3.8, 4) is 6.01 Å². The number of hydrogen-bond donors (Lipinski definition) is 3. The Kier molecular flexibility index (Phi) is 3.16. The predicted molar refractivity (Wildman–Crippen MR) is 66.3 cm³/mol. The highest BCUT2D eigenvalue weighted by atomic mass is 16.5. The molecule has 0 aromatic carbocycles. The van der Waals surface area contributed by atoms with Gasteiger partial charge in [0.1, 0.15) is 12.3 Å². The van der Waals surface area contributed by atoms with Crippen LogP contribution < -0.4 is 10.3 Å². The molecular formula is C11H14N4O5. The molecule has 0 unspecified atom stereocenters. The summed E-state index contributed by atoms with van der Waals surface area (Å²) in [6.45, 7) is -0.276. The van der Waals surface area contributed by atoms with Gasteiger partial charge in [-0.3, -0.25) is 14.3 Å². The van der Waals surface area contributed by atoms with E-state index >= 15 is 0 Å². The summed E-state index contributed by atoms with van der Waals surface area (Å²) in [6.07, 6.45) is -0.254. The van der Waals surface area contributed by atoms with Crippen molar-refractivity contribution in [3.63, 3.8) is 0 Å². The number of nitrogens with zero attached hydrogens (tertiary/aromatic N) is 3. The normalized spacial score (nSPS) is 26.2. The Balaban J connectivity index is 2.05. The number of methoxy groups -OCH3 is 1. The summed E-state index contributed by atoms with van der Waals surface area (Å²) in [5, 5.41) is 18.8. The molecule has 3 atom stereocenters. The topological polar surface area (TPSA) is 122 Å². The van der Waals surface area contributed by atoms with Crippen LogP contribution in [0.15, 0.2) is 11.1 Å². The van der Waals surface area contributed by atoms with Gasteiger partial charge in [-0.1, -0.05) is 0 Å². The molecule has 3 heterocycles. The first-order valence-electron chi connectivity index (χ1n) is 6.09. The zero-order valence-corrected chi connectivity index (χ0v) is 10.7. The van der Waals surface area contributed by atoms with Gasteiger partial charge in [0.15, 0.2) is 11.2 Å². The third kappa shape index (κ3) is 1.96. The molecule has 0 radical (unpaired) electrons.